The molecular formula is C16H20ClFN2S. The molecule has 0 N–H and O–H groups in total. The molecule has 1 aliphatic carbocycles. The van der Waals surface area contributed by atoms with E-state index in [4.69, 9.17) is 11.6 Å². The smallest absolute Gasteiger partial charge is 0.151 e. The summed E-state index contributed by atoms with van der Waals surface area (Å²) in [5, 5.41) is 0.356. The molecule has 0 amide bonds. The first-order valence-electron chi connectivity index (χ1n) is 7.55. The van der Waals surface area contributed by atoms with Gasteiger partial charge in [0.2, 0.25) is 0 Å². The van der Waals surface area contributed by atoms with Crippen LogP contribution in [0.15, 0.2) is 18.2 Å². The van der Waals surface area contributed by atoms with Crippen LogP contribution in [-0.2, 0) is 0 Å². The first-order valence-corrected chi connectivity index (χ1v) is 9.04. The molecule has 3 rings (SSSR count). The Balaban J connectivity index is 2.15. The largest absolute Gasteiger partial charge is 0.322 e. The highest BCUT2D eigenvalue weighted by molar-refractivity contribution is 7.99. The van der Waals surface area contributed by atoms with Crippen molar-refractivity contribution in [2.45, 2.75) is 49.8 Å². The average molecular weight is 327 g/mol. The normalized spacial score (nSPS) is 23.8. The van der Waals surface area contributed by atoms with Crippen molar-refractivity contribution in [2.24, 2.45) is 0 Å². The molecule has 1 saturated carbocycles. The van der Waals surface area contributed by atoms with Crippen LogP contribution in [0.2, 0.25) is 0 Å². The second-order valence-corrected chi connectivity index (χ2v) is 7.73. The summed E-state index contributed by atoms with van der Waals surface area (Å²) in [6, 6.07) is 5.56. The lowest BCUT2D eigenvalue weighted by molar-refractivity contribution is 0.519. The minimum absolute atomic E-state index is 0.218. The lowest BCUT2D eigenvalue weighted by atomic mass is 10.2. The van der Waals surface area contributed by atoms with Crippen LogP contribution in [0.3, 0.4) is 0 Å². The van der Waals surface area contributed by atoms with Crippen molar-refractivity contribution >= 4 is 34.4 Å². The van der Waals surface area contributed by atoms with E-state index >= 15 is 0 Å². The number of imidazole rings is 1. The van der Waals surface area contributed by atoms with Gasteiger partial charge in [-0.25, -0.2) is 9.37 Å². The maximum Gasteiger partial charge on any atom is 0.151 e. The van der Waals surface area contributed by atoms with Gasteiger partial charge in [0.25, 0.3) is 0 Å². The number of hydrogen-bond acceptors (Lipinski definition) is 2. The fraction of sp³-hybridized carbons (Fsp3) is 0.562. The molecule has 0 spiro atoms. The molecular weight excluding hydrogens is 307 g/mol. The molecule has 0 bridgehead atoms. The molecule has 5 heteroatoms. The molecule has 0 radical (unpaired) electrons. The van der Waals surface area contributed by atoms with Crippen LogP contribution in [0, 0.1) is 5.82 Å². The summed E-state index contributed by atoms with van der Waals surface area (Å²) in [4.78, 5) is 4.50. The summed E-state index contributed by atoms with van der Waals surface area (Å²) >= 11 is 8.32. The van der Waals surface area contributed by atoms with Gasteiger partial charge in [-0.3, -0.25) is 0 Å². The Morgan fingerprint density at radius 3 is 3.00 bits per heavy atom. The lowest BCUT2D eigenvalue weighted by Crippen LogP contribution is -2.19. The number of nitrogens with zero attached hydrogens (tertiary/aromatic N) is 2. The molecule has 0 saturated heterocycles. The van der Waals surface area contributed by atoms with E-state index in [2.05, 4.69) is 16.5 Å². The summed E-state index contributed by atoms with van der Waals surface area (Å²) < 4.78 is 16.3. The third-order valence-corrected chi connectivity index (χ3v) is 5.69. The highest BCUT2D eigenvalue weighted by atomic mass is 35.5. The maximum absolute atomic E-state index is 14.1. The fourth-order valence-electron chi connectivity index (χ4n) is 3.34. The maximum atomic E-state index is 14.1. The predicted octanol–water partition coefficient (Wildman–Crippen LogP) is 5.32. The van der Waals surface area contributed by atoms with Crippen LogP contribution in [0.1, 0.15) is 50.4 Å². The molecule has 2 nitrogen and oxygen atoms in total. The van der Waals surface area contributed by atoms with Gasteiger partial charge in [-0.15, -0.1) is 11.6 Å². The molecule has 21 heavy (non-hydrogen) atoms. The fourth-order valence-corrected chi connectivity index (χ4v) is 4.74. The van der Waals surface area contributed by atoms with Gasteiger partial charge in [0.1, 0.15) is 11.3 Å². The summed E-state index contributed by atoms with van der Waals surface area (Å²) in [5.41, 5.74) is 1.33. The van der Waals surface area contributed by atoms with Crippen LogP contribution in [0.5, 0.6) is 0 Å². The van der Waals surface area contributed by atoms with Crippen LogP contribution < -0.4 is 0 Å². The van der Waals surface area contributed by atoms with E-state index in [1.807, 2.05) is 24.8 Å². The first-order chi connectivity index (χ1) is 10.1. The number of thioether (sulfide) groups is 1. The zero-order valence-corrected chi connectivity index (χ0v) is 13.9. The number of alkyl halides is 1. The molecule has 2 aromatic rings. The summed E-state index contributed by atoms with van der Waals surface area (Å²) in [6.07, 6.45) is 3.55. The van der Waals surface area contributed by atoms with E-state index in [0.29, 0.717) is 16.8 Å². The molecule has 114 valence electrons. The van der Waals surface area contributed by atoms with Gasteiger partial charge in [-0.2, -0.15) is 11.8 Å². The van der Waals surface area contributed by atoms with E-state index in [1.54, 1.807) is 6.07 Å². The Bertz CT molecular complexity index is 640. The van der Waals surface area contributed by atoms with Gasteiger partial charge in [0, 0.05) is 11.3 Å². The summed E-state index contributed by atoms with van der Waals surface area (Å²) in [7, 11) is 0. The number of para-hydroxylation sites is 1. The van der Waals surface area contributed by atoms with Crippen molar-refractivity contribution in [1.82, 2.24) is 9.55 Å². The van der Waals surface area contributed by atoms with E-state index < -0.39 is 0 Å². The number of rotatable bonds is 4. The van der Waals surface area contributed by atoms with Gasteiger partial charge >= 0.3 is 0 Å². The van der Waals surface area contributed by atoms with E-state index in [0.717, 1.165) is 23.5 Å². The molecule has 1 aromatic carbocycles. The summed E-state index contributed by atoms with van der Waals surface area (Å²) in [6.45, 7) is 4.10. The zero-order chi connectivity index (χ0) is 15.0. The van der Waals surface area contributed by atoms with Gasteiger partial charge in [-0.05, 0) is 37.7 Å². The van der Waals surface area contributed by atoms with Crippen LogP contribution in [0.25, 0.3) is 11.0 Å². The quantitative estimate of drug-likeness (QED) is 0.707. The Kier molecular flexibility index (Phi) is 4.46. The molecule has 3 atom stereocenters. The van der Waals surface area contributed by atoms with Crippen molar-refractivity contribution in [2.75, 3.05) is 5.75 Å². The van der Waals surface area contributed by atoms with Crippen molar-refractivity contribution in [3.05, 3.63) is 29.8 Å². The second kappa shape index (κ2) is 6.17. The Morgan fingerprint density at radius 2 is 2.29 bits per heavy atom. The number of aromatic nitrogens is 2. The molecule has 1 aromatic heterocycles. The van der Waals surface area contributed by atoms with Crippen molar-refractivity contribution in [3.63, 3.8) is 0 Å². The number of halogens is 2. The molecule has 1 heterocycles. The standard InChI is InChI=1S/C16H20ClFN2S/c1-3-21-14-9-5-7-12(14)20-13-8-4-6-11(18)15(13)19-16(20)10(2)17/h4,6,8,10,12,14H,3,5,7,9H2,1-2H3. The monoisotopic (exact) mass is 326 g/mol. The number of benzene rings is 1. The Morgan fingerprint density at radius 1 is 1.48 bits per heavy atom. The Labute approximate surface area is 134 Å². The van der Waals surface area contributed by atoms with Gasteiger partial charge < -0.3 is 4.57 Å². The topological polar surface area (TPSA) is 17.8 Å². The molecule has 1 aliphatic rings. The minimum Gasteiger partial charge on any atom is -0.322 e. The Hall–Kier alpha value is -0.740. The van der Waals surface area contributed by atoms with E-state index in [9.17, 15) is 4.39 Å². The van der Waals surface area contributed by atoms with Crippen LogP contribution in [-0.4, -0.2) is 20.6 Å². The van der Waals surface area contributed by atoms with Crippen LogP contribution >= 0.6 is 23.4 Å². The van der Waals surface area contributed by atoms with E-state index in [1.165, 1.54) is 18.9 Å². The van der Waals surface area contributed by atoms with Gasteiger partial charge in [-0.1, -0.05) is 19.4 Å². The molecule has 0 aliphatic heterocycles. The highest BCUT2D eigenvalue weighted by Gasteiger charge is 2.32. The second-order valence-electron chi connectivity index (χ2n) is 5.56. The lowest BCUT2D eigenvalue weighted by Gasteiger charge is -2.24. The minimum atomic E-state index is -0.262. The molecule has 1 fully saturated rings. The van der Waals surface area contributed by atoms with Crippen LogP contribution in [0.4, 0.5) is 4.39 Å². The van der Waals surface area contributed by atoms with Gasteiger partial charge in [0.15, 0.2) is 5.82 Å². The number of fused-ring (bicyclic) bond motifs is 1. The molecule has 3 unspecified atom stereocenters. The van der Waals surface area contributed by atoms with Crippen molar-refractivity contribution < 1.29 is 4.39 Å². The van der Waals surface area contributed by atoms with Gasteiger partial charge in [0.05, 0.1) is 10.9 Å². The summed E-state index contributed by atoms with van der Waals surface area (Å²) in [5.74, 6) is 1.64. The highest BCUT2D eigenvalue weighted by Crippen LogP contribution is 2.42. The number of hydrogen-bond donors (Lipinski definition) is 0. The van der Waals surface area contributed by atoms with Crippen molar-refractivity contribution in [3.8, 4) is 0 Å². The SMILES string of the molecule is CCSC1CCCC1n1c(C(C)Cl)nc2c(F)cccc21. The zero-order valence-electron chi connectivity index (χ0n) is 12.4. The predicted molar refractivity (Wildman–Crippen MR) is 88.8 cm³/mol. The first kappa shape index (κ1) is 15.2. The third kappa shape index (κ3) is 2.68. The van der Waals surface area contributed by atoms with Crippen molar-refractivity contribution in [1.29, 1.82) is 0 Å². The van der Waals surface area contributed by atoms with E-state index in [-0.39, 0.29) is 11.2 Å². The third-order valence-electron chi connectivity index (χ3n) is 4.18. The average Bonchev–Trinajstić information content (AvgIpc) is 3.03.